The SMILES string of the molecule is O=C(OC1=CCCCC(N2C(=O)CCC2=O)CC1)OC1=CCCCC(N2C(=O)CCC2=O)CC1. The van der Waals surface area contributed by atoms with Gasteiger partial charge in [-0.05, 0) is 63.5 Å². The molecule has 2 atom stereocenters. The number of carbonyl (C=O) groups is 5. The minimum Gasteiger partial charge on any atom is -0.400 e. The Kier molecular flexibility index (Phi) is 7.80. The topological polar surface area (TPSA) is 110 Å². The van der Waals surface area contributed by atoms with E-state index in [-0.39, 0.29) is 61.4 Å². The van der Waals surface area contributed by atoms with Gasteiger partial charge in [-0.25, -0.2) is 4.79 Å². The Morgan fingerprint density at radius 3 is 1.38 bits per heavy atom. The predicted molar refractivity (Wildman–Crippen MR) is 120 cm³/mol. The lowest BCUT2D eigenvalue weighted by molar-refractivity contribution is -0.143. The second-order valence-corrected chi connectivity index (χ2v) is 9.36. The van der Waals surface area contributed by atoms with Crippen molar-refractivity contribution in [3.05, 3.63) is 23.7 Å². The van der Waals surface area contributed by atoms with Crippen molar-refractivity contribution in [2.75, 3.05) is 0 Å². The Balaban J connectivity index is 1.29. The molecule has 2 fully saturated rings. The van der Waals surface area contributed by atoms with Crippen molar-refractivity contribution in [3.8, 4) is 0 Å². The molecule has 2 heterocycles. The average Bonchev–Trinajstić information content (AvgIpc) is 3.28. The van der Waals surface area contributed by atoms with E-state index in [1.165, 1.54) is 9.80 Å². The van der Waals surface area contributed by atoms with Gasteiger partial charge in [0.05, 0.1) is 0 Å². The molecule has 34 heavy (non-hydrogen) atoms. The summed E-state index contributed by atoms with van der Waals surface area (Å²) in [7, 11) is 0. The number of imide groups is 2. The Hall–Kier alpha value is -2.97. The maximum absolute atomic E-state index is 12.5. The van der Waals surface area contributed by atoms with Crippen molar-refractivity contribution in [2.45, 2.75) is 102 Å². The van der Waals surface area contributed by atoms with Crippen molar-refractivity contribution in [2.24, 2.45) is 0 Å². The second-order valence-electron chi connectivity index (χ2n) is 9.36. The zero-order valence-electron chi connectivity index (χ0n) is 19.5. The van der Waals surface area contributed by atoms with E-state index in [2.05, 4.69) is 0 Å². The molecule has 4 rings (SSSR count). The van der Waals surface area contributed by atoms with Crippen LogP contribution >= 0.6 is 0 Å². The first kappa shape index (κ1) is 24.2. The molecule has 9 nitrogen and oxygen atoms in total. The van der Waals surface area contributed by atoms with Crippen LogP contribution in [0.15, 0.2) is 23.7 Å². The van der Waals surface area contributed by atoms with Gasteiger partial charge in [0.15, 0.2) is 0 Å². The monoisotopic (exact) mass is 472 g/mol. The molecule has 0 bridgehead atoms. The van der Waals surface area contributed by atoms with Gasteiger partial charge < -0.3 is 9.47 Å². The van der Waals surface area contributed by atoms with Gasteiger partial charge in [0.2, 0.25) is 23.6 Å². The molecule has 4 aliphatic rings. The van der Waals surface area contributed by atoms with Gasteiger partial charge in [0.1, 0.15) is 11.5 Å². The minimum atomic E-state index is -0.812. The van der Waals surface area contributed by atoms with Crippen LogP contribution < -0.4 is 0 Å². The van der Waals surface area contributed by atoms with Gasteiger partial charge in [0.25, 0.3) is 0 Å². The summed E-state index contributed by atoms with van der Waals surface area (Å²) in [6.07, 6.45) is 10.5. The zero-order chi connectivity index (χ0) is 24.1. The van der Waals surface area contributed by atoms with E-state index >= 15 is 0 Å². The largest absolute Gasteiger partial charge is 0.518 e. The van der Waals surface area contributed by atoms with E-state index in [4.69, 9.17) is 9.47 Å². The molecule has 0 aromatic heterocycles. The summed E-state index contributed by atoms with van der Waals surface area (Å²) in [5.74, 6) is 0.515. The highest BCUT2D eigenvalue weighted by molar-refractivity contribution is 6.02. The molecule has 4 amide bonds. The number of carbonyl (C=O) groups excluding carboxylic acids is 5. The maximum Gasteiger partial charge on any atom is 0.518 e. The quantitative estimate of drug-likeness (QED) is 0.451. The lowest BCUT2D eigenvalue weighted by Crippen LogP contribution is -2.39. The van der Waals surface area contributed by atoms with Crippen molar-refractivity contribution < 1.29 is 33.4 Å². The summed E-state index contributed by atoms with van der Waals surface area (Å²) in [5.41, 5.74) is 0. The van der Waals surface area contributed by atoms with Crippen LogP contribution in [0.2, 0.25) is 0 Å². The molecule has 184 valence electrons. The molecule has 2 aliphatic heterocycles. The van der Waals surface area contributed by atoms with E-state index in [0.717, 1.165) is 25.7 Å². The van der Waals surface area contributed by atoms with Gasteiger partial charge in [-0.2, -0.15) is 0 Å². The van der Waals surface area contributed by atoms with Crippen molar-refractivity contribution in [1.82, 2.24) is 9.80 Å². The van der Waals surface area contributed by atoms with Crippen LogP contribution in [0.4, 0.5) is 4.79 Å². The maximum atomic E-state index is 12.5. The summed E-state index contributed by atoms with van der Waals surface area (Å²) in [6.45, 7) is 0. The summed E-state index contributed by atoms with van der Waals surface area (Å²) in [4.78, 5) is 63.7. The van der Waals surface area contributed by atoms with E-state index in [0.29, 0.717) is 50.0 Å². The smallest absolute Gasteiger partial charge is 0.400 e. The third-order valence-electron chi connectivity index (χ3n) is 7.01. The third-order valence-corrected chi connectivity index (χ3v) is 7.01. The number of ether oxygens (including phenoxy) is 2. The molecule has 9 heteroatoms. The summed E-state index contributed by atoms with van der Waals surface area (Å²) in [5, 5.41) is 0. The highest BCUT2D eigenvalue weighted by Crippen LogP contribution is 2.29. The van der Waals surface area contributed by atoms with Crippen LogP contribution in [-0.2, 0) is 28.7 Å². The standard InChI is InChI=1S/C25H32N2O7/c28-21-13-14-22(29)26(21)17-5-1-3-7-19(11-9-17)33-25(32)34-20-8-4-2-6-18(10-12-20)27-23(30)15-16-24(27)31/h7-8,17-18H,1-6,9-16H2. The third kappa shape index (κ3) is 5.74. The Morgan fingerprint density at radius 2 is 1.00 bits per heavy atom. The first-order valence-corrected chi connectivity index (χ1v) is 12.4. The Morgan fingerprint density at radius 1 is 0.618 bits per heavy atom. The van der Waals surface area contributed by atoms with Gasteiger partial charge in [-0.15, -0.1) is 0 Å². The Labute approximate surface area is 199 Å². The fourth-order valence-corrected chi connectivity index (χ4v) is 5.28. The first-order chi connectivity index (χ1) is 16.4. The zero-order valence-corrected chi connectivity index (χ0v) is 19.5. The van der Waals surface area contributed by atoms with E-state index in [9.17, 15) is 24.0 Å². The molecule has 0 radical (unpaired) electrons. The molecular formula is C25H32N2O7. The normalized spacial score (nSPS) is 26.9. The molecule has 0 aromatic carbocycles. The number of hydrogen-bond acceptors (Lipinski definition) is 7. The van der Waals surface area contributed by atoms with Gasteiger partial charge in [-0.1, -0.05) is 0 Å². The highest BCUT2D eigenvalue weighted by Gasteiger charge is 2.36. The minimum absolute atomic E-state index is 0.117. The van der Waals surface area contributed by atoms with Crippen molar-refractivity contribution in [3.63, 3.8) is 0 Å². The van der Waals surface area contributed by atoms with Gasteiger partial charge >= 0.3 is 6.16 Å². The van der Waals surface area contributed by atoms with Gasteiger partial charge in [-0.3, -0.25) is 29.0 Å². The molecular weight excluding hydrogens is 440 g/mol. The lowest BCUT2D eigenvalue weighted by Gasteiger charge is -2.28. The predicted octanol–water partition coefficient (Wildman–Crippen LogP) is 3.87. The molecule has 0 aromatic rings. The van der Waals surface area contributed by atoms with Crippen LogP contribution in [0.25, 0.3) is 0 Å². The number of likely N-dealkylation sites (tertiary alicyclic amines) is 2. The van der Waals surface area contributed by atoms with Crippen LogP contribution in [0, 0.1) is 0 Å². The fourth-order valence-electron chi connectivity index (χ4n) is 5.28. The summed E-state index contributed by atoms with van der Waals surface area (Å²) in [6, 6.07) is -0.320. The van der Waals surface area contributed by atoms with Crippen LogP contribution in [0.3, 0.4) is 0 Å². The average molecular weight is 473 g/mol. The molecule has 0 spiro atoms. The van der Waals surface area contributed by atoms with E-state index in [1.807, 2.05) is 12.2 Å². The van der Waals surface area contributed by atoms with E-state index < -0.39 is 6.16 Å². The number of rotatable bonds is 4. The molecule has 0 saturated carbocycles. The highest BCUT2D eigenvalue weighted by atomic mass is 16.7. The molecule has 2 unspecified atom stereocenters. The number of allylic oxidation sites excluding steroid dienone is 4. The van der Waals surface area contributed by atoms with E-state index in [1.54, 1.807) is 0 Å². The second kappa shape index (κ2) is 11.0. The van der Waals surface area contributed by atoms with Crippen LogP contribution in [-0.4, -0.2) is 51.7 Å². The van der Waals surface area contributed by atoms with Gasteiger partial charge in [0, 0.05) is 50.6 Å². The number of hydrogen-bond donors (Lipinski definition) is 0. The van der Waals surface area contributed by atoms with Crippen LogP contribution in [0.5, 0.6) is 0 Å². The molecule has 2 aliphatic carbocycles. The Bertz CT molecular complexity index is 818. The lowest BCUT2D eigenvalue weighted by atomic mass is 9.98. The van der Waals surface area contributed by atoms with Crippen LogP contribution in [0.1, 0.15) is 89.9 Å². The first-order valence-electron chi connectivity index (χ1n) is 12.4. The van der Waals surface area contributed by atoms with Crippen molar-refractivity contribution in [1.29, 1.82) is 0 Å². The summed E-state index contributed by atoms with van der Waals surface area (Å²) < 4.78 is 11.0. The summed E-state index contributed by atoms with van der Waals surface area (Å²) >= 11 is 0. The number of nitrogens with zero attached hydrogens (tertiary/aromatic N) is 2. The number of amides is 4. The molecule has 2 saturated heterocycles. The molecule has 0 N–H and O–H groups in total. The fraction of sp³-hybridized carbons (Fsp3) is 0.640. The van der Waals surface area contributed by atoms with Crippen molar-refractivity contribution >= 4 is 29.8 Å².